The molecule has 0 amide bonds. The SMILES string of the molecule is CCOB1OC(C)(C)c2nc(Nc3ncc(-c4ncno4)c(N[C@H](CO)c4ccccc4)n3)ccc21. The molecule has 1 aliphatic heterocycles. The molecule has 0 saturated heterocycles. The molecule has 184 valence electrons. The van der Waals surface area contributed by atoms with E-state index in [4.69, 9.17) is 18.8 Å². The molecule has 12 heteroatoms. The maximum absolute atomic E-state index is 10.1. The molecule has 1 atom stereocenters. The van der Waals surface area contributed by atoms with Gasteiger partial charge in [0.05, 0.1) is 23.9 Å². The zero-order chi connectivity index (χ0) is 25.1. The van der Waals surface area contributed by atoms with E-state index in [9.17, 15) is 5.11 Å². The van der Waals surface area contributed by atoms with Gasteiger partial charge in [0, 0.05) is 18.3 Å². The summed E-state index contributed by atoms with van der Waals surface area (Å²) < 4.78 is 17.0. The van der Waals surface area contributed by atoms with E-state index in [0.29, 0.717) is 29.8 Å². The second kappa shape index (κ2) is 10.0. The Labute approximate surface area is 208 Å². The molecule has 0 aliphatic carbocycles. The third kappa shape index (κ3) is 4.78. The van der Waals surface area contributed by atoms with Crippen molar-refractivity contribution in [3.05, 3.63) is 66.2 Å². The van der Waals surface area contributed by atoms with Gasteiger partial charge in [-0.1, -0.05) is 41.6 Å². The van der Waals surface area contributed by atoms with Crippen LogP contribution >= 0.6 is 0 Å². The van der Waals surface area contributed by atoms with Crippen molar-refractivity contribution in [1.82, 2.24) is 25.1 Å². The van der Waals surface area contributed by atoms with E-state index < -0.39 is 18.8 Å². The van der Waals surface area contributed by atoms with Crippen LogP contribution in [0.2, 0.25) is 0 Å². The summed E-state index contributed by atoms with van der Waals surface area (Å²) in [6.07, 6.45) is 2.88. The third-order valence-corrected chi connectivity index (χ3v) is 5.79. The molecule has 0 unspecified atom stereocenters. The van der Waals surface area contributed by atoms with E-state index in [-0.39, 0.29) is 12.5 Å². The summed E-state index contributed by atoms with van der Waals surface area (Å²) in [6, 6.07) is 12.9. The number of aliphatic hydroxyl groups excluding tert-OH is 1. The van der Waals surface area contributed by atoms with Gasteiger partial charge in [-0.2, -0.15) is 9.97 Å². The van der Waals surface area contributed by atoms with Crippen molar-refractivity contribution in [2.24, 2.45) is 0 Å². The van der Waals surface area contributed by atoms with Crippen LogP contribution in [0, 0.1) is 0 Å². The minimum Gasteiger partial charge on any atom is -0.408 e. The second-order valence-electron chi connectivity index (χ2n) is 8.67. The highest BCUT2D eigenvalue weighted by Gasteiger charge is 2.43. The first-order valence-electron chi connectivity index (χ1n) is 11.6. The highest BCUT2D eigenvalue weighted by molar-refractivity contribution is 6.63. The number of anilines is 3. The number of fused-ring (bicyclic) bond motifs is 1. The lowest BCUT2D eigenvalue weighted by atomic mass is 9.80. The topological polar surface area (TPSA) is 140 Å². The summed E-state index contributed by atoms with van der Waals surface area (Å²) >= 11 is 0. The predicted molar refractivity (Wildman–Crippen MR) is 134 cm³/mol. The van der Waals surface area contributed by atoms with Gasteiger partial charge in [-0.15, -0.1) is 0 Å². The number of hydrogen-bond donors (Lipinski definition) is 3. The van der Waals surface area contributed by atoms with Crippen molar-refractivity contribution in [2.45, 2.75) is 32.4 Å². The molecule has 0 fully saturated rings. The van der Waals surface area contributed by atoms with Gasteiger partial charge in [-0.25, -0.2) is 9.97 Å². The van der Waals surface area contributed by atoms with Crippen molar-refractivity contribution in [2.75, 3.05) is 23.8 Å². The number of pyridine rings is 1. The minimum atomic E-state index is -0.605. The summed E-state index contributed by atoms with van der Waals surface area (Å²) in [6.45, 7) is 6.23. The van der Waals surface area contributed by atoms with Gasteiger partial charge in [-0.05, 0) is 32.4 Å². The molecule has 1 aliphatic rings. The van der Waals surface area contributed by atoms with Crippen molar-refractivity contribution in [1.29, 1.82) is 0 Å². The summed E-state index contributed by atoms with van der Waals surface area (Å²) in [5, 5.41) is 20.2. The van der Waals surface area contributed by atoms with Crippen LogP contribution in [0.1, 0.15) is 38.1 Å². The maximum atomic E-state index is 10.1. The molecule has 5 rings (SSSR count). The van der Waals surface area contributed by atoms with Gasteiger partial charge in [0.15, 0.2) is 6.33 Å². The Kier molecular flexibility index (Phi) is 6.64. The number of nitrogens with one attached hydrogen (secondary N) is 2. The fourth-order valence-corrected chi connectivity index (χ4v) is 4.07. The lowest BCUT2D eigenvalue weighted by Gasteiger charge is -2.20. The van der Waals surface area contributed by atoms with Crippen LogP contribution in [-0.2, 0) is 14.9 Å². The van der Waals surface area contributed by atoms with E-state index in [0.717, 1.165) is 16.7 Å². The van der Waals surface area contributed by atoms with E-state index in [1.807, 2.05) is 63.2 Å². The van der Waals surface area contributed by atoms with E-state index in [1.165, 1.54) is 6.33 Å². The molecule has 3 aromatic heterocycles. The van der Waals surface area contributed by atoms with Crippen molar-refractivity contribution < 1.29 is 18.9 Å². The summed E-state index contributed by atoms with van der Waals surface area (Å²) in [5.41, 5.74) is 2.48. The van der Waals surface area contributed by atoms with Crippen LogP contribution in [0.4, 0.5) is 17.6 Å². The van der Waals surface area contributed by atoms with Crippen LogP contribution in [0.25, 0.3) is 11.5 Å². The quantitative estimate of drug-likeness (QED) is 0.300. The smallest absolute Gasteiger partial charge is 0.408 e. The molecular formula is C24H26BN7O4. The molecule has 3 N–H and O–H groups in total. The van der Waals surface area contributed by atoms with Crippen molar-refractivity contribution in [3.63, 3.8) is 0 Å². The van der Waals surface area contributed by atoms with Crippen LogP contribution in [-0.4, -0.2) is 50.5 Å². The average molecular weight is 487 g/mol. The minimum absolute atomic E-state index is 0.150. The molecule has 11 nitrogen and oxygen atoms in total. The van der Waals surface area contributed by atoms with Crippen molar-refractivity contribution in [3.8, 4) is 11.5 Å². The monoisotopic (exact) mass is 487 g/mol. The Balaban J connectivity index is 1.46. The number of nitrogens with zero attached hydrogens (tertiary/aromatic N) is 5. The van der Waals surface area contributed by atoms with E-state index in [2.05, 4.69) is 30.7 Å². The number of hydrogen-bond acceptors (Lipinski definition) is 11. The zero-order valence-electron chi connectivity index (χ0n) is 20.2. The molecule has 0 radical (unpaired) electrons. The standard InChI is InChI=1S/C24H26BN7O4/c1-4-34-25-17-10-11-19(30-20(17)24(2,3)36-25)31-23-26-12-16(22-27-14-28-35-22)21(32-23)29-18(13-33)15-8-6-5-7-9-15/h5-12,14,18,33H,4,13H2,1-3H3,(H2,26,29,30,31,32)/t18-/m1/s1. The van der Waals surface area contributed by atoms with Crippen LogP contribution in [0.3, 0.4) is 0 Å². The first-order valence-corrected chi connectivity index (χ1v) is 11.6. The maximum Gasteiger partial charge on any atom is 0.496 e. The Bertz CT molecular complexity index is 1320. The number of aliphatic hydroxyl groups is 1. The average Bonchev–Trinajstić information content (AvgIpc) is 3.50. The first kappa shape index (κ1) is 23.9. The molecule has 4 heterocycles. The van der Waals surface area contributed by atoms with Gasteiger partial charge < -0.3 is 29.6 Å². The summed E-state index contributed by atoms with van der Waals surface area (Å²) in [4.78, 5) is 18.0. The van der Waals surface area contributed by atoms with E-state index >= 15 is 0 Å². The van der Waals surface area contributed by atoms with Gasteiger partial charge in [-0.3, -0.25) is 0 Å². The van der Waals surface area contributed by atoms with Crippen LogP contribution in [0.5, 0.6) is 0 Å². The fraction of sp³-hybridized carbons (Fsp3) is 0.292. The molecule has 36 heavy (non-hydrogen) atoms. The largest absolute Gasteiger partial charge is 0.496 e. The fourth-order valence-electron chi connectivity index (χ4n) is 4.07. The number of aromatic nitrogens is 5. The number of benzene rings is 1. The Morgan fingerprint density at radius 1 is 1.11 bits per heavy atom. The van der Waals surface area contributed by atoms with Gasteiger partial charge in [0.2, 0.25) is 5.95 Å². The molecule has 0 saturated carbocycles. The van der Waals surface area contributed by atoms with Crippen LogP contribution in [0.15, 0.2) is 59.5 Å². The summed E-state index contributed by atoms with van der Waals surface area (Å²) in [5.74, 6) is 1.53. The highest BCUT2D eigenvalue weighted by atomic mass is 16.6. The lowest BCUT2D eigenvalue weighted by Crippen LogP contribution is -2.32. The Hall–Kier alpha value is -3.87. The molecular weight excluding hydrogens is 461 g/mol. The number of rotatable bonds is 9. The van der Waals surface area contributed by atoms with E-state index in [1.54, 1.807) is 6.20 Å². The lowest BCUT2D eigenvalue weighted by molar-refractivity contribution is 0.0834. The Morgan fingerprint density at radius 3 is 2.67 bits per heavy atom. The Morgan fingerprint density at radius 2 is 1.94 bits per heavy atom. The second-order valence-corrected chi connectivity index (χ2v) is 8.67. The zero-order valence-corrected chi connectivity index (χ0v) is 20.2. The molecule has 0 spiro atoms. The normalized spacial score (nSPS) is 14.9. The van der Waals surface area contributed by atoms with Gasteiger partial charge >= 0.3 is 7.12 Å². The molecule has 4 aromatic rings. The third-order valence-electron chi connectivity index (χ3n) is 5.79. The van der Waals surface area contributed by atoms with Gasteiger partial charge in [0.1, 0.15) is 17.2 Å². The first-order chi connectivity index (χ1) is 17.5. The van der Waals surface area contributed by atoms with Gasteiger partial charge in [0.25, 0.3) is 5.89 Å². The van der Waals surface area contributed by atoms with Crippen LogP contribution < -0.4 is 16.1 Å². The molecule has 0 bridgehead atoms. The predicted octanol–water partition coefficient (Wildman–Crippen LogP) is 2.81. The highest BCUT2D eigenvalue weighted by Crippen LogP contribution is 2.32. The summed E-state index contributed by atoms with van der Waals surface area (Å²) in [7, 11) is -0.448. The van der Waals surface area contributed by atoms with Crippen molar-refractivity contribution >= 4 is 30.2 Å². The molecule has 1 aromatic carbocycles.